The van der Waals surface area contributed by atoms with E-state index >= 15 is 0 Å². The number of ether oxygens (including phenoxy) is 1. The van der Waals surface area contributed by atoms with Crippen LogP contribution in [0.15, 0.2) is 91.0 Å². The molecule has 0 fully saturated rings. The highest BCUT2D eigenvalue weighted by molar-refractivity contribution is 7.49. The van der Waals surface area contributed by atoms with E-state index in [1.165, 1.54) is 12.1 Å². The molecule has 0 aliphatic heterocycles. The number of phosphoric acid groups is 1. The van der Waals surface area contributed by atoms with Gasteiger partial charge in [-0.3, -0.25) is 4.79 Å². The number of ketones is 1. The van der Waals surface area contributed by atoms with Gasteiger partial charge in [0.05, 0.1) is 6.61 Å². The fraction of sp³-hybridized carbons (Fsp3) is 0.130. The third-order valence-corrected chi connectivity index (χ3v) is 5.29. The summed E-state index contributed by atoms with van der Waals surface area (Å²) >= 11 is 0. The number of benzene rings is 3. The van der Waals surface area contributed by atoms with E-state index in [9.17, 15) is 14.2 Å². The van der Waals surface area contributed by atoms with Crippen molar-refractivity contribution in [1.29, 1.82) is 0 Å². The highest BCUT2D eigenvalue weighted by Gasteiger charge is 2.42. The Labute approximate surface area is 180 Å². The maximum Gasteiger partial charge on any atom is 0.588 e. The quantitative estimate of drug-likeness (QED) is 0.188. The van der Waals surface area contributed by atoms with Gasteiger partial charge in [-0.1, -0.05) is 66.7 Å². The lowest BCUT2D eigenvalue weighted by Crippen LogP contribution is -2.35. The van der Waals surface area contributed by atoms with Crippen molar-refractivity contribution in [3.05, 3.63) is 96.6 Å². The van der Waals surface area contributed by atoms with Gasteiger partial charge in [0.15, 0.2) is 0 Å². The van der Waals surface area contributed by atoms with Crippen LogP contribution in [0.1, 0.15) is 17.3 Å². The molecule has 0 saturated heterocycles. The summed E-state index contributed by atoms with van der Waals surface area (Å²) in [5.74, 6) is -1.37. The maximum atomic E-state index is 13.6. The van der Waals surface area contributed by atoms with Crippen molar-refractivity contribution in [2.45, 2.75) is 13.0 Å². The fourth-order valence-electron chi connectivity index (χ4n) is 2.58. The van der Waals surface area contributed by atoms with E-state index in [2.05, 4.69) is 0 Å². The summed E-state index contributed by atoms with van der Waals surface area (Å²) in [7, 11) is -4.49. The highest BCUT2D eigenvalue weighted by atomic mass is 31.2. The van der Waals surface area contributed by atoms with Gasteiger partial charge >= 0.3 is 13.8 Å². The number of Topliss-reactive ketones (excluding diaryl/α,β-unsaturated/α-hetero) is 1. The molecule has 0 N–H and O–H groups in total. The van der Waals surface area contributed by atoms with Crippen LogP contribution >= 0.6 is 7.82 Å². The Hall–Kier alpha value is -3.41. The van der Waals surface area contributed by atoms with Crippen LogP contribution in [0.3, 0.4) is 0 Å². The van der Waals surface area contributed by atoms with Crippen molar-refractivity contribution >= 4 is 19.6 Å². The number of hydrogen-bond donors (Lipinski definition) is 0. The highest BCUT2D eigenvalue weighted by Crippen LogP contribution is 2.51. The van der Waals surface area contributed by atoms with Crippen molar-refractivity contribution < 1.29 is 32.5 Å². The predicted octanol–water partition coefficient (Wildman–Crippen LogP) is 5.08. The Kier molecular flexibility index (Phi) is 7.60. The Balaban J connectivity index is 1.95. The number of carbonyl (C=O) groups excluding carboxylic acids is 2. The van der Waals surface area contributed by atoms with Crippen LogP contribution in [0, 0.1) is 0 Å². The lowest BCUT2D eigenvalue weighted by Gasteiger charge is -2.23. The van der Waals surface area contributed by atoms with Gasteiger partial charge in [0.25, 0.3) is 0 Å². The number of phosphoric ester groups is 1. The molecular weight excluding hydrogens is 419 g/mol. The van der Waals surface area contributed by atoms with Crippen molar-refractivity contribution in [3.8, 4) is 11.5 Å². The van der Waals surface area contributed by atoms with E-state index in [-0.39, 0.29) is 23.7 Å². The van der Waals surface area contributed by atoms with Crippen LogP contribution in [0.25, 0.3) is 0 Å². The zero-order valence-electron chi connectivity index (χ0n) is 16.7. The maximum absolute atomic E-state index is 13.6. The van der Waals surface area contributed by atoms with Crippen molar-refractivity contribution in [2.24, 2.45) is 0 Å². The van der Waals surface area contributed by atoms with Crippen molar-refractivity contribution in [3.63, 3.8) is 0 Å². The fourth-order valence-corrected chi connectivity index (χ4v) is 3.90. The van der Waals surface area contributed by atoms with Gasteiger partial charge in [0.1, 0.15) is 11.5 Å². The normalized spacial score (nSPS) is 11.9. The molecule has 0 amide bonds. The minimum absolute atomic E-state index is 0.00412. The summed E-state index contributed by atoms with van der Waals surface area (Å²) in [6.07, 6.45) is -1.85. The largest absolute Gasteiger partial charge is 0.588 e. The van der Waals surface area contributed by atoms with E-state index in [1.54, 1.807) is 85.8 Å². The van der Waals surface area contributed by atoms with E-state index in [4.69, 9.17) is 18.3 Å². The second kappa shape index (κ2) is 10.6. The molecule has 160 valence electrons. The lowest BCUT2D eigenvalue weighted by molar-refractivity contribution is -0.149. The van der Waals surface area contributed by atoms with Crippen LogP contribution in [0.5, 0.6) is 11.5 Å². The molecule has 0 aliphatic rings. The molecule has 3 aromatic carbocycles. The molecule has 1 unspecified atom stereocenters. The zero-order chi connectivity index (χ0) is 22.1. The van der Waals surface area contributed by atoms with Gasteiger partial charge in [0.2, 0.25) is 11.9 Å². The smallest absolute Gasteiger partial charge is 0.464 e. The summed E-state index contributed by atoms with van der Waals surface area (Å²) in [4.78, 5) is 25.5. The molecule has 0 heterocycles. The molecule has 31 heavy (non-hydrogen) atoms. The number of hydrogen-bond acceptors (Lipinski definition) is 7. The summed E-state index contributed by atoms with van der Waals surface area (Å²) in [5, 5.41) is 0. The van der Waals surface area contributed by atoms with Crippen LogP contribution in [-0.2, 0) is 18.6 Å². The molecule has 0 radical (unpaired) electrons. The minimum Gasteiger partial charge on any atom is -0.464 e. The summed E-state index contributed by atoms with van der Waals surface area (Å²) in [6, 6.07) is 24.4. The summed E-state index contributed by atoms with van der Waals surface area (Å²) in [5.41, 5.74) is 0.187. The van der Waals surface area contributed by atoms with E-state index in [0.717, 1.165) is 0 Å². The number of para-hydroxylation sites is 2. The van der Waals surface area contributed by atoms with Gasteiger partial charge in [0, 0.05) is 5.56 Å². The average Bonchev–Trinajstić information content (AvgIpc) is 2.79. The molecule has 1 atom stereocenters. The van der Waals surface area contributed by atoms with E-state index in [0.29, 0.717) is 0 Å². The monoisotopic (exact) mass is 440 g/mol. The SMILES string of the molecule is CCOC(=O)C(OP(=O)(Oc1ccccc1)Oc1ccccc1)C(=O)c1ccccc1. The molecule has 0 bridgehead atoms. The predicted molar refractivity (Wildman–Crippen MR) is 114 cm³/mol. The Morgan fingerprint density at radius 3 is 1.68 bits per heavy atom. The molecule has 7 nitrogen and oxygen atoms in total. The van der Waals surface area contributed by atoms with Crippen molar-refractivity contribution in [2.75, 3.05) is 6.61 Å². The number of rotatable bonds is 10. The first kappa shape index (κ1) is 22.3. The van der Waals surface area contributed by atoms with E-state index < -0.39 is 25.7 Å². The molecule has 8 heteroatoms. The van der Waals surface area contributed by atoms with Gasteiger partial charge in [-0.25, -0.2) is 13.9 Å². The van der Waals surface area contributed by atoms with Gasteiger partial charge < -0.3 is 13.8 Å². The standard InChI is InChI=1S/C23H21O7P/c1-2-27-23(25)22(21(24)18-12-6-3-7-13-18)30-31(26,28-19-14-8-4-9-15-19)29-20-16-10-5-11-17-20/h3-17,22H,2H2,1H3. The van der Waals surface area contributed by atoms with Crippen LogP contribution in [0.4, 0.5) is 0 Å². The van der Waals surface area contributed by atoms with Crippen LogP contribution < -0.4 is 9.05 Å². The Morgan fingerprint density at radius 1 is 0.774 bits per heavy atom. The van der Waals surface area contributed by atoms with Gasteiger partial charge in [-0.2, -0.15) is 0 Å². The first-order valence-corrected chi connectivity index (χ1v) is 11.0. The number of esters is 1. The zero-order valence-corrected chi connectivity index (χ0v) is 17.6. The Bertz CT molecular complexity index is 994. The van der Waals surface area contributed by atoms with Crippen LogP contribution in [0.2, 0.25) is 0 Å². The number of carbonyl (C=O) groups is 2. The molecule has 3 aromatic rings. The summed E-state index contributed by atoms with van der Waals surface area (Å²) < 4.78 is 35.0. The molecule has 0 saturated carbocycles. The van der Waals surface area contributed by atoms with E-state index in [1.807, 2.05) is 0 Å². The Morgan fingerprint density at radius 2 is 1.23 bits per heavy atom. The second-order valence-corrected chi connectivity index (χ2v) is 7.69. The summed E-state index contributed by atoms with van der Waals surface area (Å²) in [6.45, 7) is 1.59. The average molecular weight is 440 g/mol. The first-order chi connectivity index (χ1) is 15.0. The van der Waals surface area contributed by atoms with Crippen molar-refractivity contribution in [1.82, 2.24) is 0 Å². The molecule has 3 rings (SSSR count). The van der Waals surface area contributed by atoms with Gasteiger partial charge in [-0.05, 0) is 31.2 Å². The molecule has 0 aromatic heterocycles. The van der Waals surface area contributed by atoms with Gasteiger partial charge in [-0.15, -0.1) is 0 Å². The molecular formula is C23H21O7P. The topological polar surface area (TPSA) is 88.1 Å². The minimum atomic E-state index is -4.49. The third-order valence-electron chi connectivity index (χ3n) is 3.95. The van der Waals surface area contributed by atoms with Crippen LogP contribution in [-0.4, -0.2) is 24.5 Å². The molecule has 0 spiro atoms. The second-order valence-electron chi connectivity index (χ2n) is 6.22. The first-order valence-electron chi connectivity index (χ1n) is 9.54. The third kappa shape index (κ3) is 6.28. The lowest BCUT2D eigenvalue weighted by atomic mass is 10.1. The molecule has 0 aliphatic carbocycles.